The third-order valence-corrected chi connectivity index (χ3v) is 3.77. The summed E-state index contributed by atoms with van der Waals surface area (Å²) >= 11 is 7.56. The fourth-order valence-corrected chi connectivity index (χ4v) is 2.92. The molecule has 6 heteroatoms. The monoisotopic (exact) mass is 278 g/mol. The predicted octanol–water partition coefficient (Wildman–Crippen LogP) is 3.28. The largest absolute Gasteiger partial charge is 0.465 e. The number of carbonyl (C=O) groups is 1. The summed E-state index contributed by atoms with van der Waals surface area (Å²) in [6.45, 7) is 0. The van der Waals surface area contributed by atoms with Crippen LogP contribution in [0, 0.1) is 0 Å². The predicted molar refractivity (Wildman–Crippen MR) is 71.3 cm³/mol. The molecule has 0 aliphatic rings. The van der Waals surface area contributed by atoms with Crippen molar-refractivity contribution in [3.05, 3.63) is 34.4 Å². The zero-order chi connectivity index (χ0) is 12.7. The van der Waals surface area contributed by atoms with E-state index >= 15 is 0 Å². The van der Waals surface area contributed by atoms with E-state index in [4.69, 9.17) is 11.6 Å². The summed E-state index contributed by atoms with van der Waals surface area (Å²) in [5.74, 6) is -0.390. The molecule has 3 rings (SSSR count). The summed E-state index contributed by atoms with van der Waals surface area (Å²) in [5, 5.41) is 1.28. The molecule has 0 spiro atoms. The van der Waals surface area contributed by atoms with Gasteiger partial charge in [-0.05, 0) is 12.1 Å². The number of ether oxygens (including phenoxy) is 1. The van der Waals surface area contributed by atoms with Crippen molar-refractivity contribution in [3.8, 4) is 0 Å². The molecule has 0 amide bonds. The second kappa shape index (κ2) is 4.19. The molecule has 3 aromatic rings. The molecule has 0 atom stereocenters. The van der Waals surface area contributed by atoms with Crippen molar-refractivity contribution in [3.63, 3.8) is 0 Å². The number of nitrogens with zero attached hydrogens (tertiary/aromatic N) is 2. The zero-order valence-electron chi connectivity index (χ0n) is 9.31. The van der Waals surface area contributed by atoms with Crippen LogP contribution in [0.1, 0.15) is 10.4 Å². The Balaban J connectivity index is 2.35. The normalized spacial score (nSPS) is 11.0. The maximum atomic E-state index is 11.5. The van der Waals surface area contributed by atoms with E-state index in [-0.39, 0.29) is 5.97 Å². The number of methoxy groups -OCH3 is 1. The number of pyridine rings is 1. The first-order chi connectivity index (χ1) is 8.70. The van der Waals surface area contributed by atoms with E-state index in [1.165, 1.54) is 18.4 Å². The first-order valence-corrected chi connectivity index (χ1v) is 6.37. The molecule has 0 unspecified atom stereocenters. The van der Waals surface area contributed by atoms with E-state index in [1.807, 2.05) is 6.07 Å². The van der Waals surface area contributed by atoms with Gasteiger partial charge < -0.3 is 4.74 Å². The van der Waals surface area contributed by atoms with Crippen LogP contribution in [0.25, 0.3) is 21.1 Å². The Hall–Kier alpha value is -1.72. The van der Waals surface area contributed by atoms with Crippen molar-refractivity contribution in [1.82, 2.24) is 9.97 Å². The Morgan fingerprint density at radius 3 is 3.06 bits per heavy atom. The topological polar surface area (TPSA) is 52.1 Å². The van der Waals surface area contributed by atoms with Gasteiger partial charge >= 0.3 is 5.97 Å². The summed E-state index contributed by atoms with van der Waals surface area (Å²) < 4.78 is 5.65. The second-order valence-electron chi connectivity index (χ2n) is 3.66. The van der Waals surface area contributed by atoms with E-state index < -0.39 is 0 Å². The van der Waals surface area contributed by atoms with Gasteiger partial charge in [-0.3, -0.25) is 0 Å². The molecule has 0 fully saturated rings. The fourth-order valence-electron chi connectivity index (χ4n) is 1.80. The number of benzene rings is 1. The third-order valence-electron chi connectivity index (χ3n) is 2.64. The van der Waals surface area contributed by atoms with Crippen molar-refractivity contribution in [1.29, 1.82) is 0 Å². The average Bonchev–Trinajstić information content (AvgIpc) is 2.87. The molecule has 90 valence electrons. The maximum Gasteiger partial charge on any atom is 0.337 e. The third kappa shape index (κ3) is 1.63. The molecule has 2 aromatic heterocycles. The second-order valence-corrected chi connectivity index (χ2v) is 4.87. The van der Waals surface area contributed by atoms with Gasteiger partial charge in [-0.1, -0.05) is 17.7 Å². The summed E-state index contributed by atoms with van der Waals surface area (Å²) in [7, 11) is 1.35. The summed E-state index contributed by atoms with van der Waals surface area (Å²) in [6, 6.07) is 5.22. The minimum absolute atomic E-state index is 0.348. The molecule has 1 aromatic carbocycles. The molecule has 0 N–H and O–H groups in total. The average molecular weight is 279 g/mol. The molecule has 0 saturated carbocycles. The molecule has 18 heavy (non-hydrogen) atoms. The number of rotatable bonds is 1. The highest BCUT2D eigenvalue weighted by molar-refractivity contribution is 7.17. The minimum atomic E-state index is -0.390. The molecular weight excluding hydrogens is 272 g/mol. The Bertz CT molecular complexity index is 769. The SMILES string of the molecule is COC(=O)c1ccc2c(c1)nc(Cl)c1ncsc12. The van der Waals surface area contributed by atoms with Gasteiger partial charge in [0.05, 0.1) is 28.4 Å². The Kier molecular flexibility index (Phi) is 2.65. The molecule has 0 radical (unpaired) electrons. The van der Waals surface area contributed by atoms with Crippen LogP contribution in [-0.2, 0) is 4.74 Å². The molecule has 0 aliphatic heterocycles. The smallest absolute Gasteiger partial charge is 0.337 e. The zero-order valence-corrected chi connectivity index (χ0v) is 10.9. The highest BCUT2D eigenvalue weighted by Crippen LogP contribution is 2.31. The lowest BCUT2D eigenvalue weighted by atomic mass is 10.1. The van der Waals surface area contributed by atoms with Crippen molar-refractivity contribution in [2.75, 3.05) is 7.11 Å². The number of carbonyl (C=O) groups excluding carboxylic acids is 1. The molecule has 0 aliphatic carbocycles. The van der Waals surface area contributed by atoms with E-state index in [2.05, 4.69) is 14.7 Å². The van der Waals surface area contributed by atoms with Crippen LogP contribution in [0.5, 0.6) is 0 Å². The van der Waals surface area contributed by atoms with E-state index in [0.29, 0.717) is 21.7 Å². The fraction of sp³-hybridized carbons (Fsp3) is 0.0833. The lowest BCUT2D eigenvalue weighted by molar-refractivity contribution is 0.0601. The van der Waals surface area contributed by atoms with Gasteiger partial charge in [0.15, 0.2) is 5.15 Å². The quantitative estimate of drug-likeness (QED) is 0.506. The van der Waals surface area contributed by atoms with Crippen molar-refractivity contribution >= 4 is 50.0 Å². The lowest BCUT2D eigenvalue weighted by Crippen LogP contribution is -2.00. The first-order valence-electron chi connectivity index (χ1n) is 5.11. The van der Waals surface area contributed by atoms with Crippen molar-refractivity contribution in [2.45, 2.75) is 0 Å². The van der Waals surface area contributed by atoms with Crippen LogP contribution in [0.2, 0.25) is 5.15 Å². The summed E-state index contributed by atoms with van der Waals surface area (Å²) in [6.07, 6.45) is 0. The van der Waals surface area contributed by atoms with E-state index in [9.17, 15) is 4.79 Å². The molecular formula is C12H7ClN2O2S. The molecule has 0 bridgehead atoms. The van der Waals surface area contributed by atoms with Gasteiger partial charge in [-0.15, -0.1) is 11.3 Å². The molecule has 4 nitrogen and oxygen atoms in total. The van der Waals surface area contributed by atoms with Crippen LogP contribution in [0.3, 0.4) is 0 Å². The first kappa shape index (κ1) is 11.4. The maximum absolute atomic E-state index is 11.5. The van der Waals surface area contributed by atoms with Gasteiger partial charge in [0.25, 0.3) is 0 Å². The standard InChI is InChI=1S/C12H7ClN2O2S/c1-17-12(16)6-2-3-7-8(4-6)15-11(13)9-10(7)18-5-14-9/h2-5H,1H3. The van der Waals surface area contributed by atoms with Crippen molar-refractivity contribution < 1.29 is 9.53 Å². The Labute approximate surface area is 111 Å². The Morgan fingerprint density at radius 1 is 1.44 bits per heavy atom. The highest BCUT2D eigenvalue weighted by atomic mass is 35.5. The van der Waals surface area contributed by atoms with Gasteiger partial charge in [-0.2, -0.15) is 0 Å². The van der Waals surface area contributed by atoms with Crippen molar-refractivity contribution in [2.24, 2.45) is 0 Å². The van der Waals surface area contributed by atoms with E-state index in [1.54, 1.807) is 17.6 Å². The van der Waals surface area contributed by atoms with Gasteiger partial charge in [0.2, 0.25) is 0 Å². The molecule has 0 saturated heterocycles. The number of aromatic nitrogens is 2. The van der Waals surface area contributed by atoms with Crippen LogP contribution in [0.4, 0.5) is 0 Å². The number of hydrogen-bond donors (Lipinski definition) is 0. The molecule has 2 heterocycles. The van der Waals surface area contributed by atoms with E-state index in [0.717, 1.165) is 10.1 Å². The minimum Gasteiger partial charge on any atom is -0.465 e. The van der Waals surface area contributed by atoms with Gasteiger partial charge in [0, 0.05) is 5.39 Å². The number of esters is 1. The lowest BCUT2D eigenvalue weighted by Gasteiger charge is -2.03. The van der Waals surface area contributed by atoms with Crippen LogP contribution >= 0.6 is 22.9 Å². The number of thiazole rings is 1. The highest BCUT2D eigenvalue weighted by Gasteiger charge is 2.12. The van der Waals surface area contributed by atoms with Crippen LogP contribution in [-0.4, -0.2) is 23.0 Å². The number of hydrogen-bond acceptors (Lipinski definition) is 5. The Morgan fingerprint density at radius 2 is 2.28 bits per heavy atom. The number of fused-ring (bicyclic) bond motifs is 3. The summed E-state index contributed by atoms with van der Waals surface area (Å²) in [5.41, 5.74) is 3.54. The van der Waals surface area contributed by atoms with Gasteiger partial charge in [0.1, 0.15) is 5.52 Å². The van der Waals surface area contributed by atoms with Crippen LogP contribution < -0.4 is 0 Å². The van der Waals surface area contributed by atoms with Gasteiger partial charge in [-0.25, -0.2) is 14.8 Å². The summed E-state index contributed by atoms with van der Waals surface area (Å²) in [4.78, 5) is 19.9. The van der Waals surface area contributed by atoms with Crippen LogP contribution in [0.15, 0.2) is 23.7 Å². The number of halogens is 1.